The number of carbonyl (C=O) groups is 1. The molecule has 1 heterocycles. The van der Waals surface area contributed by atoms with Gasteiger partial charge in [0, 0.05) is 18.8 Å². The van der Waals surface area contributed by atoms with Crippen molar-refractivity contribution in [3.8, 4) is 5.75 Å². The molecule has 1 fully saturated rings. The highest BCUT2D eigenvalue weighted by atomic mass is 32.2. The van der Waals surface area contributed by atoms with E-state index >= 15 is 0 Å². The topological polar surface area (TPSA) is 75.7 Å². The van der Waals surface area contributed by atoms with Crippen molar-refractivity contribution in [3.05, 3.63) is 54.1 Å². The van der Waals surface area contributed by atoms with E-state index in [-0.39, 0.29) is 10.8 Å². The number of benzene rings is 2. The SMILES string of the molecule is Cc1ccc(OC(C)C(=O)Nc2cccc(S(=O)(=O)N3CCCCCC3)c2)cc1. The van der Waals surface area contributed by atoms with Crippen LogP contribution in [0.5, 0.6) is 5.75 Å². The third-order valence-electron chi connectivity index (χ3n) is 5.01. The standard InChI is InChI=1S/C22H28N2O4S/c1-17-10-12-20(13-11-17)28-18(2)22(25)23-19-8-7-9-21(16-19)29(26,27)24-14-5-3-4-6-15-24/h7-13,16,18H,3-6,14-15H2,1-2H3,(H,23,25). The summed E-state index contributed by atoms with van der Waals surface area (Å²) < 4.78 is 33.2. The summed E-state index contributed by atoms with van der Waals surface area (Å²) in [5, 5.41) is 2.75. The Morgan fingerprint density at radius 1 is 1.03 bits per heavy atom. The van der Waals surface area contributed by atoms with E-state index in [9.17, 15) is 13.2 Å². The van der Waals surface area contributed by atoms with Crippen LogP contribution in [-0.4, -0.2) is 37.8 Å². The van der Waals surface area contributed by atoms with Crippen molar-refractivity contribution in [1.82, 2.24) is 4.31 Å². The molecule has 0 aliphatic carbocycles. The van der Waals surface area contributed by atoms with Gasteiger partial charge in [0.15, 0.2) is 6.10 Å². The molecule has 1 aliphatic heterocycles. The van der Waals surface area contributed by atoms with Gasteiger partial charge >= 0.3 is 0 Å². The van der Waals surface area contributed by atoms with Crippen molar-refractivity contribution in [1.29, 1.82) is 0 Å². The van der Waals surface area contributed by atoms with E-state index in [1.165, 1.54) is 6.07 Å². The van der Waals surface area contributed by atoms with Gasteiger partial charge in [0.05, 0.1) is 4.90 Å². The average molecular weight is 417 g/mol. The predicted molar refractivity (Wildman–Crippen MR) is 114 cm³/mol. The summed E-state index contributed by atoms with van der Waals surface area (Å²) in [5.41, 5.74) is 1.54. The zero-order chi connectivity index (χ0) is 20.9. The Morgan fingerprint density at radius 2 is 1.69 bits per heavy atom. The first kappa shape index (κ1) is 21.3. The van der Waals surface area contributed by atoms with Crippen LogP contribution in [0.1, 0.15) is 38.2 Å². The summed E-state index contributed by atoms with van der Waals surface area (Å²) in [5.74, 6) is 0.269. The molecule has 0 bridgehead atoms. The van der Waals surface area contributed by atoms with Crippen LogP contribution in [0.15, 0.2) is 53.4 Å². The zero-order valence-electron chi connectivity index (χ0n) is 16.9. The second kappa shape index (κ2) is 9.41. The van der Waals surface area contributed by atoms with E-state index in [0.717, 1.165) is 31.2 Å². The predicted octanol–water partition coefficient (Wildman–Crippen LogP) is 3.97. The molecular weight excluding hydrogens is 388 g/mol. The van der Waals surface area contributed by atoms with Gasteiger partial charge in [0.2, 0.25) is 10.0 Å². The molecule has 29 heavy (non-hydrogen) atoms. The molecule has 2 aromatic carbocycles. The van der Waals surface area contributed by atoms with Gasteiger partial charge < -0.3 is 10.1 Å². The lowest BCUT2D eigenvalue weighted by molar-refractivity contribution is -0.122. The quantitative estimate of drug-likeness (QED) is 0.773. The van der Waals surface area contributed by atoms with E-state index in [4.69, 9.17) is 4.74 Å². The molecule has 1 aliphatic rings. The molecule has 156 valence electrons. The van der Waals surface area contributed by atoms with Gasteiger partial charge in [-0.25, -0.2) is 8.42 Å². The highest BCUT2D eigenvalue weighted by Crippen LogP contribution is 2.23. The maximum absolute atomic E-state index is 13.0. The Hall–Kier alpha value is -2.38. The maximum atomic E-state index is 13.0. The summed E-state index contributed by atoms with van der Waals surface area (Å²) >= 11 is 0. The third-order valence-corrected chi connectivity index (χ3v) is 6.90. The first-order valence-electron chi connectivity index (χ1n) is 10.0. The molecule has 7 heteroatoms. The summed E-state index contributed by atoms with van der Waals surface area (Å²) in [7, 11) is -3.57. The number of nitrogens with one attached hydrogen (secondary N) is 1. The van der Waals surface area contributed by atoms with E-state index in [1.54, 1.807) is 29.4 Å². The fourth-order valence-electron chi connectivity index (χ4n) is 3.28. The lowest BCUT2D eigenvalue weighted by Crippen LogP contribution is -2.32. The van der Waals surface area contributed by atoms with Crippen molar-refractivity contribution in [2.75, 3.05) is 18.4 Å². The summed E-state index contributed by atoms with van der Waals surface area (Å²) in [6.07, 6.45) is 3.15. The highest BCUT2D eigenvalue weighted by Gasteiger charge is 2.25. The molecule has 1 atom stereocenters. The van der Waals surface area contributed by atoms with Crippen LogP contribution in [0.4, 0.5) is 5.69 Å². The summed E-state index contributed by atoms with van der Waals surface area (Å²) in [6.45, 7) is 4.72. The van der Waals surface area contributed by atoms with Crippen molar-refractivity contribution >= 4 is 21.6 Å². The molecule has 6 nitrogen and oxygen atoms in total. The van der Waals surface area contributed by atoms with Gasteiger partial charge in [-0.15, -0.1) is 0 Å². The first-order valence-corrected chi connectivity index (χ1v) is 11.4. The van der Waals surface area contributed by atoms with Crippen LogP contribution in [0.2, 0.25) is 0 Å². The fourth-order valence-corrected chi connectivity index (χ4v) is 4.85. The van der Waals surface area contributed by atoms with E-state index in [0.29, 0.717) is 24.5 Å². The number of amides is 1. The van der Waals surface area contributed by atoms with Crippen LogP contribution in [0.3, 0.4) is 0 Å². The Kier molecular flexibility index (Phi) is 6.92. The number of hydrogen-bond acceptors (Lipinski definition) is 4. The number of rotatable bonds is 6. The van der Waals surface area contributed by atoms with E-state index in [1.807, 2.05) is 31.2 Å². The third kappa shape index (κ3) is 5.58. The van der Waals surface area contributed by atoms with Gasteiger partial charge in [-0.2, -0.15) is 4.31 Å². The van der Waals surface area contributed by atoms with Crippen LogP contribution < -0.4 is 10.1 Å². The second-order valence-corrected chi connectivity index (χ2v) is 9.35. The van der Waals surface area contributed by atoms with Crippen LogP contribution in [0, 0.1) is 6.92 Å². The van der Waals surface area contributed by atoms with Crippen LogP contribution in [-0.2, 0) is 14.8 Å². The lowest BCUT2D eigenvalue weighted by atomic mass is 10.2. The Balaban J connectivity index is 1.68. The van der Waals surface area contributed by atoms with Crippen molar-refractivity contribution in [2.24, 2.45) is 0 Å². The minimum atomic E-state index is -3.57. The smallest absolute Gasteiger partial charge is 0.265 e. The second-order valence-electron chi connectivity index (χ2n) is 7.41. The summed E-state index contributed by atoms with van der Waals surface area (Å²) in [6, 6.07) is 13.9. The number of ether oxygens (including phenoxy) is 1. The van der Waals surface area contributed by atoms with Gasteiger partial charge in [-0.1, -0.05) is 36.6 Å². The molecule has 0 aromatic heterocycles. The minimum Gasteiger partial charge on any atom is -0.481 e. The molecule has 2 aromatic rings. The largest absolute Gasteiger partial charge is 0.481 e. The zero-order valence-corrected chi connectivity index (χ0v) is 17.7. The average Bonchev–Trinajstić information content (AvgIpc) is 3.00. The first-order chi connectivity index (χ1) is 13.9. The number of sulfonamides is 1. The molecule has 1 amide bonds. The Labute approximate surface area is 172 Å². The number of nitrogens with zero attached hydrogens (tertiary/aromatic N) is 1. The van der Waals surface area contributed by atoms with E-state index in [2.05, 4.69) is 5.32 Å². The molecule has 3 rings (SSSR count). The van der Waals surface area contributed by atoms with Gasteiger partial charge in [0.1, 0.15) is 5.75 Å². The van der Waals surface area contributed by atoms with Crippen molar-refractivity contribution < 1.29 is 17.9 Å². The van der Waals surface area contributed by atoms with Crippen LogP contribution in [0.25, 0.3) is 0 Å². The number of aryl methyl sites for hydroxylation is 1. The molecule has 1 N–H and O–H groups in total. The molecular formula is C22H28N2O4S. The maximum Gasteiger partial charge on any atom is 0.265 e. The van der Waals surface area contributed by atoms with Gasteiger partial charge in [0.25, 0.3) is 5.91 Å². The molecule has 1 unspecified atom stereocenters. The summed E-state index contributed by atoms with van der Waals surface area (Å²) in [4.78, 5) is 12.7. The van der Waals surface area contributed by atoms with Gasteiger partial charge in [-0.05, 0) is 57.0 Å². The molecule has 0 spiro atoms. The number of carbonyl (C=O) groups excluding carboxylic acids is 1. The molecule has 1 saturated heterocycles. The Bertz CT molecular complexity index is 934. The Morgan fingerprint density at radius 3 is 2.34 bits per heavy atom. The molecule has 0 saturated carbocycles. The van der Waals surface area contributed by atoms with Crippen molar-refractivity contribution in [2.45, 2.75) is 50.5 Å². The monoisotopic (exact) mass is 416 g/mol. The normalized spacial score (nSPS) is 16.6. The lowest BCUT2D eigenvalue weighted by Gasteiger charge is -2.20. The highest BCUT2D eigenvalue weighted by molar-refractivity contribution is 7.89. The van der Waals surface area contributed by atoms with Gasteiger partial charge in [-0.3, -0.25) is 4.79 Å². The number of anilines is 1. The fraction of sp³-hybridized carbons (Fsp3) is 0.409. The van der Waals surface area contributed by atoms with Crippen LogP contribution >= 0.6 is 0 Å². The minimum absolute atomic E-state index is 0.198. The van der Waals surface area contributed by atoms with Crippen molar-refractivity contribution in [3.63, 3.8) is 0 Å². The molecule has 0 radical (unpaired) electrons. The van der Waals surface area contributed by atoms with E-state index < -0.39 is 16.1 Å². The number of hydrogen-bond donors (Lipinski definition) is 1.